The molecule has 76 heavy (non-hydrogen) atoms. The summed E-state index contributed by atoms with van der Waals surface area (Å²) >= 11 is 0. The van der Waals surface area contributed by atoms with E-state index in [-0.39, 0.29) is 38.5 Å². The number of carbonyl (C=O) groups is 1. The van der Waals surface area contributed by atoms with Crippen molar-refractivity contribution in [1.29, 1.82) is 0 Å². The molecule has 0 saturated heterocycles. The number of fused-ring (bicyclic) bond motifs is 8. The Bertz CT molecular complexity index is 3410. The molecular weight excluding hydrogens is 929 g/mol. The van der Waals surface area contributed by atoms with E-state index in [0.717, 1.165) is 89.4 Å². The van der Waals surface area contributed by atoms with Crippen LogP contribution in [0, 0.1) is 0 Å². The van der Waals surface area contributed by atoms with Gasteiger partial charge in [0.2, 0.25) is 0 Å². The Balaban J connectivity index is 1.52. The first kappa shape index (κ1) is 53.8. The quantitative estimate of drug-likeness (QED) is 0.168. The summed E-state index contributed by atoms with van der Waals surface area (Å²) < 4.78 is 5.13. The van der Waals surface area contributed by atoms with Crippen molar-refractivity contribution in [3.05, 3.63) is 165 Å². The molecule has 2 aliphatic heterocycles. The fraction of sp³-hybridized carbons (Fsp3) is 0.357. The molecule has 7 aromatic rings. The molecule has 3 aromatic heterocycles. The van der Waals surface area contributed by atoms with Crippen LogP contribution >= 0.6 is 0 Å². The summed E-state index contributed by atoms with van der Waals surface area (Å²) in [6, 6.07) is 38.0. The van der Waals surface area contributed by atoms with Crippen molar-refractivity contribution in [2.75, 3.05) is 7.11 Å². The van der Waals surface area contributed by atoms with Gasteiger partial charge in [-0.05, 0) is 149 Å². The van der Waals surface area contributed by atoms with Gasteiger partial charge in [-0.2, -0.15) is 0 Å². The van der Waals surface area contributed by atoms with Crippen molar-refractivity contribution in [2.24, 2.45) is 0 Å². The van der Waals surface area contributed by atoms with Gasteiger partial charge < -0.3 is 14.7 Å². The van der Waals surface area contributed by atoms with Gasteiger partial charge in [0.05, 0.1) is 35.4 Å². The Morgan fingerprint density at radius 1 is 0.342 bits per heavy atom. The smallest absolute Gasteiger partial charge is 0.337 e. The van der Waals surface area contributed by atoms with E-state index in [9.17, 15) is 4.79 Å². The lowest BCUT2D eigenvalue weighted by Crippen LogP contribution is -2.16. The number of hydrogen-bond donors (Lipinski definition) is 2. The van der Waals surface area contributed by atoms with E-state index >= 15 is 0 Å². The summed E-state index contributed by atoms with van der Waals surface area (Å²) in [5.74, 6) is -0.387. The molecule has 6 nitrogen and oxygen atoms in total. The first-order chi connectivity index (χ1) is 35.3. The molecule has 0 amide bonds. The van der Waals surface area contributed by atoms with E-state index in [0.29, 0.717) is 5.56 Å². The highest BCUT2D eigenvalue weighted by molar-refractivity contribution is 6.01. The Hall–Kier alpha value is -7.05. The van der Waals surface area contributed by atoms with E-state index in [4.69, 9.17) is 14.7 Å². The molecule has 0 saturated carbocycles. The van der Waals surface area contributed by atoms with Crippen molar-refractivity contribution in [1.82, 2.24) is 19.9 Å². The molecule has 0 fully saturated rings. The summed E-state index contributed by atoms with van der Waals surface area (Å²) in [5, 5.41) is 0. The van der Waals surface area contributed by atoms with E-state index in [2.05, 4.69) is 238 Å². The minimum atomic E-state index is -0.387. The van der Waals surface area contributed by atoms with Crippen LogP contribution in [0.3, 0.4) is 0 Å². The Labute approximate surface area is 453 Å². The van der Waals surface area contributed by atoms with Gasteiger partial charge in [0, 0.05) is 44.3 Å². The van der Waals surface area contributed by atoms with Crippen LogP contribution in [0.2, 0.25) is 0 Å². The van der Waals surface area contributed by atoms with E-state index in [1.807, 2.05) is 24.3 Å². The van der Waals surface area contributed by atoms with Crippen LogP contribution in [0.5, 0.6) is 0 Å². The summed E-state index contributed by atoms with van der Waals surface area (Å²) in [4.78, 5) is 32.3. The van der Waals surface area contributed by atoms with Gasteiger partial charge in [-0.25, -0.2) is 14.8 Å². The van der Waals surface area contributed by atoms with Crippen molar-refractivity contribution in [3.8, 4) is 44.5 Å². The standard InChI is InChI=1S/C70H80N4O2/c1-65(2,3)46-32-43(33-47(38-46)66(4,5)6)61-54-26-24-52(71-54)60(41-20-22-42(23-21-41)64(75)76-19)53-25-27-55(72-53)62(44-34-48(67(7,8)9)39-49(35-44)68(10,11)12)57-29-31-59(74-57)63(58-30-28-56(61)73-58)45-36-50(69(13,14)15)40-51(37-45)70(16,17)18/h20-40,73-74H,1-19H3. The van der Waals surface area contributed by atoms with Gasteiger partial charge in [-0.1, -0.05) is 191 Å². The lowest BCUT2D eigenvalue weighted by atomic mass is 9.78. The summed E-state index contributed by atoms with van der Waals surface area (Å²) in [6.07, 6.45) is 8.57. The first-order valence-electron chi connectivity index (χ1n) is 27.1. The summed E-state index contributed by atoms with van der Waals surface area (Å²) in [6.45, 7) is 41.3. The number of carbonyl (C=O) groups excluding carboxylic acids is 1. The number of methoxy groups -OCH3 is 1. The number of ether oxygens (including phenoxy) is 1. The minimum absolute atomic E-state index is 0.105. The third-order valence-electron chi connectivity index (χ3n) is 15.2. The topological polar surface area (TPSA) is 83.7 Å². The predicted octanol–water partition coefficient (Wildman–Crippen LogP) is 18.9. The molecule has 0 atom stereocenters. The maximum absolute atomic E-state index is 12.8. The number of aromatic amines is 2. The maximum Gasteiger partial charge on any atom is 0.337 e. The van der Waals surface area contributed by atoms with Crippen molar-refractivity contribution in [3.63, 3.8) is 0 Å². The molecule has 2 aliphatic rings. The third kappa shape index (κ3) is 10.7. The predicted molar refractivity (Wildman–Crippen MR) is 324 cm³/mol. The molecule has 0 spiro atoms. The van der Waals surface area contributed by atoms with Gasteiger partial charge in [0.1, 0.15) is 0 Å². The molecule has 9 rings (SSSR count). The lowest BCUT2D eigenvalue weighted by molar-refractivity contribution is 0.0600. The average Bonchev–Trinajstić information content (AvgIpc) is 4.20. The first-order valence-corrected chi connectivity index (χ1v) is 27.1. The lowest BCUT2D eigenvalue weighted by Gasteiger charge is -2.26. The highest BCUT2D eigenvalue weighted by Gasteiger charge is 2.28. The third-order valence-corrected chi connectivity index (χ3v) is 15.2. The van der Waals surface area contributed by atoms with Gasteiger partial charge in [0.15, 0.2) is 0 Å². The second-order valence-electron chi connectivity index (χ2n) is 27.5. The number of rotatable bonds is 5. The van der Waals surface area contributed by atoms with E-state index < -0.39 is 0 Å². The molecule has 5 heterocycles. The monoisotopic (exact) mass is 1010 g/mol. The second kappa shape index (κ2) is 18.9. The number of hydrogen-bond acceptors (Lipinski definition) is 4. The molecule has 0 radical (unpaired) electrons. The van der Waals surface area contributed by atoms with Crippen molar-refractivity contribution in [2.45, 2.75) is 157 Å². The largest absolute Gasteiger partial charge is 0.465 e. The van der Waals surface area contributed by atoms with Crippen LogP contribution < -0.4 is 0 Å². The number of nitrogens with zero attached hydrogens (tertiary/aromatic N) is 2. The number of aromatic nitrogens is 4. The average molecular weight is 1010 g/mol. The highest BCUT2D eigenvalue weighted by Crippen LogP contribution is 2.44. The number of esters is 1. The fourth-order valence-electron chi connectivity index (χ4n) is 10.2. The van der Waals surface area contributed by atoms with E-state index in [1.54, 1.807) is 0 Å². The van der Waals surface area contributed by atoms with E-state index in [1.165, 1.54) is 40.5 Å². The van der Waals surface area contributed by atoms with Gasteiger partial charge >= 0.3 is 5.97 Å². The van der Waals surface area contributed by atoms with Crippen LogP contribution in [0.25, 0.3) is 90.9 Å². The van der Waals surface area contributed by atoms with Crippen LogP contribution in [-0.4, -0.2) is 33.0 Å². The molecule has 8 bridgehead atoms. The molecule has 0 aliphatic carbocycles. The Kier molecular flexibility index (Phi) is 13.4. The van der Waals surface area contributed by atoms with Gasteiger partial charge in [0.25, 0.3) is 0 Å². The minimum Gasteiger partial charge on any atom is -0.465 e. The zero-order valence-corrected chi connectivity index (χ0v) is 48.8. The van der Waals surface area contributed by atoms with Gasteiger partial charge in [-0.15, -0.1) is 0 Å². The summed E-state index contributed by atoms with van der Waals surface area (Å²) in [7, 11) is 1.41. The molecule has 0 unspecified atom stereocenters. The highest BCUT2D eigenvalue weighted by atomic mass is 16.5. The maximum atomic E-state index is 12.8. The Morgan fingerprint density at radius 2 is 0.605 bits per heavy atom. The molecule has 6 heteroatoms. The van der Waals surface area contributed by atoms with Gasteiger partial charge in [-0.3, -0.25) is 0 Å². The Morgan fingerprint density at radius 3 is 0.882 bits per heavy atom. The fourth-order valence-corrected chi connectivity index (χ4v) is 10.2. The SMILES string of the molecule is COC(=O)c1ccc(-c2c3nc(c(-c4cc(C(C)(C)C)cc(C(C)(C)C)c4)c4ccc([nH]4)c(-c4cc(C(C)(C)C)cc(C(C)(C)C)c4)c4ccc([nH]4)c(-c4cc(C(C)(C)C)cc(C(C)(C)C)c4)c4nc2C=C4)C=C3)cc1. The second-order valence-corrected chi connectivity index (χ2v) is 27.5. The molecule has 2 N–H and O–H groups in total. The summed E-state index contributed by atoms with van der Waals surface area (Å²) in [5.41, 5.74) is 22.7. The van der Waals surface area contributed by atoms with Crippen LogP contribution in [-0.2, 0) is 37.2 Å². The molecule has 392 valence electrons. The number of nitrogens with one attached hydrogen (secondary N) is 2. The number of benzene rings is 4. The molecule has 4 aromatic carbocycles. The van der Waals surface area contributed by atoms with Crippen LogP contribution in [0.1, 0.15) is 191 Å². The van der Waals surface area contributed by atoms with Crippen molar-refractivity contribution < 1.29 is 9.53 Å². The normalized spacial score (nSPS) is 13.4. The zero-order valence-electron chi connectivity index (χ0n) is 48.8. The molecular formula is C70H80N4O2. The van der Waals surface area contributed by atoms with Crippen LogP contribution in [0.4, 0.5) is 0 Å². The zero-order chi connectivity index (χ0) is 55.2. The number of H-pyrrole nitrogens is 2. The van der Waals surface area contributed by atoms with Crippen molar-refractivity contribution >= 4 is 52.3 Å². The van der Waals surface area contributed by atoms with Crippen LogP contribution in [0.15, 0.2) is 103 Å².